The summed E-state index contributed by atoms with van der Waals surface area (Å²) in [7, 11) is 1.65. The van der Waals surface area contributed by atoms with Gasteiger partial charge in [0.05, 0.1) is 13.7 Å². The maximum Gasteiger partial charge on any atom is 0.119 e. The largest absolute Gasteiger partial charge is 0.497 e. The number of nitrogens with zero attached hydrogens (tertiary/aromatic N) is 1. The minimum absolute atomic E-state index is 0.610. The highest BCUT2D eigenvalue weighted by Gasteiger charge is 2.02. The monoisotopic (exact) mass is 301 g/mol. The van der Waals surface area contributed by atoms with E-state index in [1.165, 1.54) is 0 Å². The third-order valence-corrected chi connectivity index (χ3v) is 3.63. The lowest BCUT2D eigenvalue weighted by atomic mass is 10.2. The van der Waals surface area contributed by atoms with Gasteiger partial charge in [0.25, 0.3) is 0 Å². The van der Waals surface area contributed by atoms with E-state index in [4.69, 9.17) is 21.1 Å². The number of rotatable bonds is 5. The number of fused-ring (bicyclic) bond motifs is 1. The molecule has 1 aromatic heterocycles. The van der Waals surface area contributed by atoms with E-state index in [0.717, 1.165) is 34.0 Å². The van der Waals surface area contributed by atoms with Crippen LogP contribution < -0.4 is 9.47 Å². The van der Waals surface area contributed by atoms with Gasteiger partial charge in [0.15, 0.2) is 0 Å². The first-order valence-corrected chi connectivity index (χ1v) is 7.15. The van der Waals surface area contributed by atoms with Crippen LogP contribution in [0.3, 0.4) is 0 Å². The molecular formula is C17H16ClNO2. The van der Waals surface area contributed by atoms with Gasteiger partial charge in [-0.15, -0.1) is 0 Å². The molecule has 0 spiro atoms. The Morgan fingerprint density at radius 2 is 1.76 bits per heavy atom. The van der Waals surface area contributed by atoms with Gasteiger partial charge in [-0.25, -0.2) is 0 Å². The summed E-state index contributed by atoms with van der Waals surface area (Å²) in [5.74, 6) is 1.67. The molecule has 3 nitrogen and oxygen atoms in total. The van der Waals surface area contributed by atoms with Crippen LogP contribution in [0.15, 0.2) is 54.7 Å². The topological polar surface area (TPSA) is 23.4 Å². The zero-order valence-corrected chi connectivity index (χ0v) is 12.5. The Labute approximate surface area is 128 Å². The normalized spacial score (nSPS) is 10.8. The summed E-state index contributed by atoms with van der Waals surface area (Å²) in [5, 5.41) is 1.90. The van der Waals surface area contributed by atoms with E-state index in [-0.39, 0.29) is 0 Å². The summed E-state index contributed by atoms with van der Waals surface area (Å²) in [6, 6.07) is 15.6. The number of hydrogen-bond donors (Lipinski definition) is 0. The average molecular weight is 302 g/mol. The molecule has 108 valence electrons. The van der Waals surface area contributed by atoms with Gasteiger partial charge in [-0.3, -0.25) is 0 Å². The van der Waals surface area contributed by atoms with Crippen molar-refractivity contribution in [1.82, 2.24) is 4.57 Å². The van der Waals surface area contributed by atoms with Gasteiger partial charge in [0.2, 0.25) is 0 Å². The first-order valence-electron chi connectivity index (χ1n) is 6.77. The van der Waals surface area contributed by atoms with Gasteiger partial charge in [-0.05, 0) is 48.5 Å². The van der Waals surface area contributed by atoms with Crippen molar-refractivity contribution in [2.75, 3.05) is 13.7 Å². The highest BCUT2D eigenvalue weighted by molar-refractivity contribution is 6.31. The van der Waals surface area contributed by atoms with Crippen LogP contribution in [0, 0.1) is 0 Å². The van der Waals surface area contributed by atoms with E-state index in [0.29, 0.717) is 6.61 Å². The van der Waals surface area contributed by atoms with Crippen LogP contribution in [-0.4, -0.2) is 18.3 Å². The van der Waals surface area contributed by atoms with E-state index in [1.807, 2.05) is 42.5 Å². The minimum Gasteiger partial charge on any atom is -0.497 e. The fraction of sp³-hybridized carbons (Fsp3) is 0.176. The zero-order chi connectivity index (χ0) is 14.7. The maximum atomic E-state index is 5.99. The van der Waals surface area contributed by atoms with Crippen molar-refractivity contribution in [2.24, 2.45) is 0 Å². The van der Waals surface area contributed by atoms with E-state index in [2.05, 4.69) is 16.8 Å². The Morgan fingerprint density at radius 1 is 1.00 bits per heavy atom. The van der Waals surface area contributed by atoms with Crippen LogP contribution in [0.1, 0.15) is 0 Å². The summed E-state index contributed by atoms with van der Waals surface area (Å²) < 4.78 is 13.0. The fourth-order valence-corrected chi connectivity index (χ4v) is 2.48. The molecule has 3 rings (SSSR count). The predicted octanol–water partition coefficient (Wildman–Crippen LogP) is 4.38. The smallest absolute Gasteiger partial charge is 0.119 e. The number of halogens is 1. The number of hydrogen-bond acceptors (Lipinski definition) is 2. The number of ether oxygens (including phenoxy) is 2. The predicted molar refractivity (Wildman–Crippen MR) is 85.4 cm³/mol. The van der Waals surface area contributed by atoms with Gasteiger partial charge in [0.1, 0.15) is 18.1 Å². The Bertz CT molecular complexity index is 734. The molecule has 0 amide bonds. The van der Waals surface area contributed by atoms with Gasteiger partial charge in [0, 0.05) is 22.1 Å². The summed E-state index contributed by atoms with van der Waals surface area (Å²) in [6.07, 6.45) is 2.05. The van der Waals surface area contributed by atoms with Crippen LogP contribution >= 0.6 is 11.6 Å². The molecule has 0 saturated heterocycles. The van der Waals surface area contributed by atoms with Crippen molar-refractivity contribution in [2.45, 2.75) is 6.54 Å². The molecular weight excluding hydrogens is 286 g/mol. The molecule has 21 heavy (non-hydrogen) atoms. The second-order valence-electron chi connectivity index (χ2n) is 4.74. The van der Waals surface area contributed by atoms with Crippen LogP contribution in [-0.2, 0) is 6.54 Å². The average Bonchev–Trinajstić information content (AvgIpc) is 2.90. The lowest BCUT2D eigenvalue weighted by molar-refractivity contribution is 0.300. The summed E-state index contributed by atoms with van der Waals surface area (Å²) in [4.78, 5) is 0. The molecule has 2 aromatic carbocycles. The van der Waals surface area contributed by atoms with Crippen LogP contribution in [0.25, 0.3) is 10.9 Å². The molecule has 0 radical (unpaired) electrons. The summed E-state index contributed by atoms with van der Waals surface area (Å²) in [5.41, 5.74) is 1.16. The van der Waals surface area contributed by atoms with Gasteiger partial charge < -0.3 is 14.0 Å². The Balaban J connectivity index is 1.63. The van der Waals surface area contributed by atoms with Gasteiger partial charge in [-0.2, -0.15) is 0 Å². The molecule has 0 aliphatic heterocycles. The van der Waals surface area contributed by atoms with Crippen LogP contribution in [0.5, 0.6) is 11.5 Å². The van der Waals surface area contributed by atoms with Crippen LogP contribution in [0.2, 0.25) is 5.02 Å². The zero-order valence-electron chi connectivity index (χ0n) is 11.8. The lowest BCUT2D eigenvalue weighted by Gasteiger charge is -2.09. The summed E-state index contributed by atoms with van der Waals surface area (Å²) in [6.45, 7) is 1.40. The number of benzene rings is 2. The fourth-order valence-electron chi connectivity index (χ4n) is 2.30. The quantitative estimate of drug-likeness (QED) is 0.698. The van der Waals surface area contributed by atoms with Crippen molar-refractivity contribution in [3.63, 3.8) is 0 Å². The highest BCUT2D eigenvalue weighted by atomic mass is 35.5. The number of methoxy groups -OCH3 is 1. The molecule has 0 bridgehead atoms. The standard InChI is InChI=1S/C17H16ClNO2/c1-20-15-3-5-16(6-4-15)21-11-10-19-9-8-13-12-14(18)2-7-17(13)19/h2-9,12H,10-11H2,1H3. The minimum atomic E-state index is 0.610. The van der Waals surface area contributed by atoms with Crippen molar-refractivity contribution in [1.29, 1.82) is 0 Å². The van der Waals surface area contributed by atoms with E-state index in [1.54, 1.807) is 7.11 Å². The lowest BCUT2D eigenvalue weighted by Crippen LogP contribution is -2.07. The molecule has 0 saturated carbocycles. The van der Waals surface area contributed by atoms with Crippen molar-refractivity contribution >= 4 is 22.5 Å². The third-order valence-electron chi connectivity index (χ3n) is 3.39. The molecule has 1 heterocycles. The first kappa shape index (κ1) is 13.8. The van der Waals surface area contributed by atoms with Crippen molar-refractivity contribution in [3.05, 3.63) is 59.8 Å². The third kappa shape index (κ3) is 3.14. The molecule has 3 aromatic rings. The van der Waals surface area contributed by atoms with Crippen molar-refractivity contribution in [3.8, 4) is 11.5 Å². The molecule has 0 atom stereocenters. The highest BCUT2D eigenvalue weighted by Crippen LogP contribution is 2.21. The van der Waals surface area contributed by atoms with Gasteiger partial charge >= 0.3 is 0 Å². The molecule has 4 heteroatoms. The van der Waals surface area contributed by atoms with Gasteiger partial charge in [-0.1, -0.05) is 11.6 Å². The first-order chi connectivity index (χ1) is 10.3. The van der Waals surface area contributed by atoms with Crippen LogP contribution in [0.4, 0.5) is 0 Å². The molecule has 0 aliphatic rings. The summed E-state index contributed by atoms with van der Waals surface area (Å²) >= 11 is 5.99. The van der Waals surface area contributed by atoms with E-state index < -0.39 is 0 Å². The number of aromatic nitrogens is 1. The maximum absolute atomic E-state index is 5.99. The Hall–Kier alpha value is -2.13. The second kappa shape index (κ2) is 6.10. The Kier molecular flexibility index (Phi) is 4.02. The molecule has 0 fully saturated rings. The SMILES string of the molecule is COc1ccc(OCCn2ccc3cc(Cl)ccc32)cc1. The van der Waals surface area contributed by atoms with Crippen molar-refractivity contribution < 1.29 is 9.47 Å². The molecule has 0 aliphatic carbocycles. The van der Waals surface area contributed by atoms with E-state index >= 15 is 0 Å². The second-order valence-corrected chi connectivity index (χ2v) is 5.17. The molecule has 0 unspecified atom stereocenters. The molecule has 0 N–H and O–H groups in total. The Morgan fingerprint density at radius 3 is 2.52 bits per heavy atom. The van der Waals surface area contributed by atoms with E-state index in [9.17, 15) is 0 Å².